The number of benzene rings is 2. The molecule has 2 aromatic rings. The lowest BCUT2D eigenvalue weighted by molar-refractivity contribution is -0.137. The molecule has 1 amide bonds. The van der Waals surface area contributed by atoms with E-state index in [1.165, 1.54) is 12.1 Å². The topological polar surface area (TPSA) is 57.7 Å². The zero-order valence-corrected chi connectivity index (χ0v) is 19.3. The van der Waals surface area contributed by atoms with Gasteiger partial charge in [0, 0.05) is 25.3 Å². The highest BCUT2D eigenvalue weighted by Crippen LogP contribution is 2.31. The highest BCUT2D eigenvalue weighted by atomic mass is 32.2. The van der Waals surface area contributed by atoms with Crippen molar-refractivity contribution in [2.45, 2.75) is 32.2 Å². The van der Waals surface area contributed by atoms with Gasteiger partial charge >= 0.3 is 0 Å². The van der Waals surface area contributed by atoms with Crippen LogP contribution in [0.1, 0.15) is 25.3 Å². The fourth-order valence-corrected chi connectivity index (χ4v) is 7.20. The Morgan fingerprint density at radius 1 is 1.09 bits per heavy atom. The predicted molar refractivity (Wildman–Crippen MR) is 125 cm³/mol. The van der Waals surface area contributed by atoms with Crippen LogP contribution in [0.2, 0.25) is 0 Å². The first-order valence-electron chi connectivity index (χ1n) is 11.4. The number of rotatable bonds is 6. The first-order chi connectivity index (χ1) is 15.4. The maximum atomic E-state index is 13.6. The number of hydrogen-bond donors (Lipinski definition) is 0. The Morgan fingerprint density at radius 2 is 1.81 bits per heavy atom. The molecular formula is C25H31FN2O3S. The van der Waals surface area contributed by atoms with E-state index in [4.69, 9.17) is 0 Å². The number of halogens is 1. The van der Waals surface area contributed by atoms with Crippen LogP contribution < -0.4 is 4.90 Å². The van der Waals surface area contributed by atoms with Gasteiger partial charge in [0.25, 0.3) is 0 Å². The second-order valence-corrected chi connectivity index (χ2v) is 11.1. The normalized spacial score (nSPS) is 24.9. The second kappa shape index (κ2) is 9.61. The van der Waals surface area contributed by atoms with Gasteiger partial charge in [-0.2, -0.15) is 0 Å². The number of nitrogens with zero attached hydrogens (tertiary/aromatic N) is 2. The van der Waals surface area contributed by atoms with Gasteiger partial charge in [0.15, 0.2) is 9.84 Å². The molecule has 0 spiro atoms. The first-order valence-corrected chi connectivity index (χ1v) is 13.2. The van der Waals surface area contributed by atoms with Crippen LogP contribution in [-0.2, 0) is 21.1 Å². The van der Waals surface area contributed by atoms with E-state index in [0.29, 0.717) is 25.6 Å². The Kier molecular flexibility index (Phi) is 6.84. The van der Waals surface area contributed by atoms with Crippen LogP contribution >= 0.6 is 0 Å². The summed E-state index contributed by atoms with van der Waals surface area (Å²) in [5.41, 5.74) is 2.01. The molecule has 4 rings (SSSR count). The van der Waals surface area contributed by atoms with Gasteiger partial charge in [-0.25, -0.2) is 12.8 Å². The molecule has 0 aromatic heterocycles. The maximum absolute atomic E-state index is 13.6. The summed E-state index contributed by atoms with van der Waals surface area (Å²) < 4.78 is 38.4. The van der Waals surface area contributed by atoms with Crippen molar-refractivity contribution in [3.05, 3.63) is 66.0 Å². The number of carbonyl (C=O) groups excluding carboxylic acids is 1. The Labute approximate surface area is 190 Å². The molecule has 0 saturated carbocycles. The standard InChI is InChI=1S/C25H31FN2O3S/c1-2-28(22-8-4-3-5-9-22)24-18-32(30,31)17-23(24)25(29)27-14-6-7-20(16-27)15-19-10-12-21(26)13-11-19/h3-5,8-13,20,23-24H,2,6-7,14-18H2,1H3. The molecule has 2 saturated heterocycles. The summed E-state index contributed by atoms with van der Waals surface area (Å²) in [5.74, 6) is -0.621. The van der Waals surface area contributed by atoms with Gasteiger partial charge in [-0.1, -0.05) is 30.3 Å². The summed E-state index contributed by atoms with van der Waals surface area (Å²) in [7, 11) is -3.28. The number of sulfone groups is 1. The smallest absolute Gasteiger partial charge is 0.228 e. The number of likely N-dealkylation sites (tertiary alicyclic amines) is 1. The fraction of sp³-hybridized carbons (Fsp3) is 0.480. The van der Waals surface area contributed by atoms with Crippen LogP contribution in [0, 0.1) is 17.7 Å². The van der Waals surface area contributed by atoms with E-state index in [1.54, 1.807) is 12.1 Å². The molecule has 0 bridgehead atoms. The average Bonchev–Trinajstić information content (AvgIpc) is 3.11. The molecule has 2 aromatic carbocycles. The van der Waals surface area contributed by atoms with Crippen molar-refractivity contribution in [1.29, 1.82) is 0 Å². The summed E-state index contributed by atoms with van der Waals surface area (Å²) in [6.07, 6.45) is 2.71. The molecule has 0 radical (unpaired) electrons. The summed E-state index contributed by atoms with van der Waals surface area (Å²) >= 11 is 0. The Hall–Kier alpha value is -2.41. The SMILES string of the molecule is CCN(c1ccccc1)C1CS(=O)(=O)CC1C(=O)N1CCCC(Cc2ccc(F)cc2)C1. The molecular weight excluding hydrogens is 427 g/mol. The Bertz CT molecular complexity index is 1030. The number of hydrogen-bond acceptors (Lipinski definition) is 4. The van der Waals surface area contributed by atoms with E-state index >= 15 is 0 Å². The van der Waals surface area contributed by atoms with Crippen molar-refractivity contribution in [3.8, 4) is 0 Å². The zero-order chi connectivity index (χ0) is 22.7. The van der Waals surface area contributed by atoms with Crippen molar-refractivity contribution >= 4 is 21.4 Å². The van der Waals surface area contributed by atoms with E-state index in [2.05, 4.69) is 4.90 Å². The average molecular weight is 459 g/mol. The largest absolute Gasteiger partial charge is 0.367 e. The predicted octanol–water partition coefficient (Wildman–Crippen LogP) is 3.55. The number of anilines is 1. The minimum absolute atomic E-state index is 0.0129. The van der Waals surface area contributed by atoms with Crippen molar-refractivity contribution in [2.24, 2.45) is 11.8 Å². The van der Waals surface area contributed by atoms with E-state index in [0.717, 1.165) is 30.5 Å². The molecule has 3 unspecified atom stereocenters. The van der Waals surface area contributed by atoms with Crippen LogP contribution in [0.3, 0.4) is 0 Å². The van der Waals surface area contributed by atoms with Crippen molar-refractivity contribution < 1.29 is 17.6 Å². The maximum Gasteiger partial charge on any atom is 0.228 e. The monoisotopic (exact) mass is 458 g/mol. The molecule has 7 heteroatoms. The van der Waals surface area contributed by atoms with Gasteiger partial charge in [0.05, 0.1) is 23.5 Å². The molecule has 2 heterocycles. The molecule has 2 fully saturated rings. The van der Waals surface area contributed by atoms with Gasteiger partial charge in [-0.3, -0.25) is 4.79 Å². The third-order valence-corrected chi connectivity index (χ3v) is 8.45. The van der Waals surface area contributed by atoms with Crippen LogP contribution in [0.25, 0.3) is 0 Å². The van der Waals surface area contributed by atoms with Gasteiger partial charge in [-0.15, -0.1) is 0 Å². The Balaban J connectivity index is 1.50. The fourth-order valence-electron chi connectivity index (χ4n) is 5.22. The molecule has 0 N–H and O–H groups in total. The number of para-hydroxylation sites is 1. The van der Waals surface area contributed by atoms with Crippen LogP contribution in [0.5, 0.6) is 0 Å². The molecule has 172 valence electrons. The second-order valence-electron chi connectivity index (χ2n) is 9.00. The van der Waals surface area contributed by atoms with Gasteiger partial charge in [0.2, 0.25) is 5.91 Å². The molecule has 5 nitrogen and oxygen atoms in total. The van der Waals surface area contributed by atoms with Crippen LogP contribution in [0.4, 0.5) is 10.1 Å². The summed E-state index contributed by atoms with van der Waals surface area (Å²) in [6, 6.07) is 15.9. The number of amides is 1. The van der Waals surface area contributed by atoms with Crippen LogP contribution in [0.15, 0.2) is 54.6 Å². The van der Waals surface area contributed by atoms with Crippen molar-refractivity contribution in [3.63, 3.8) is 0 Å². The first kappa shape index (κ1) is 22.8. The van der Waals surface area contributed by atoms with Gasteiger partial charge in [-0.05, 0) is 61.9 Å². The minimum Gasteiger partial charge on any atom is -0.367 e. The summed E-state index contributed by atoms with van der Waals surface area (Å²) in [5, 5.41) is 0. The van der Waals surface area contributed by atoms with E-state index in [-0.39, 0.29) is 29.3 Å². The summed E-state index contributed by atoms with van der Waals surface area (Å²) in [4.78, 5) is 17.5. The van der Waals surface area contributed by atoms with Crippen molar-refractivity contribution in [1.82, 2.24) is 4.90 Å². The molecule has 32 heavy (non-hydrogen) atoms. The van der Waals surface area contributed by atoms with Gasteiger partial charge in [0.1, 0.15) is 5.82 Å². The lowest BCUT2D eigenvalue weighted by atomic mass is 9.90. The highest BCUT2D eigenvalue weighted by Gasteiger charge is 2.46. The molecule has 2 aliphatic heterocycles. The van der Waals surface area contributed by atoms with Crippen molar-refractivity contribution in [2.75, 3.05) is 36.0 Å². The summed E-state index contributed by atoms with van der Waals surface area (Å²) in [6.45, 7) is 3.93. The molecule has 0 aliphatic carbocycles. The molecule has 3 atom stereocenters. The van der Waals surface area contributed by atoms with E-state index in [9.17, 15) is 17.6 Å². The number of carbonyl (C=O) groups is 1. The lowest BCUT2D eigenvalue weighted by Crippen LogP contribution is -2.50. The van der Waals surface area contributed by atoms with E-state index < -0.39 is 15.8 Å². The zero-order valence-electron chi connectivity index (χ0n) is 18.5. The third-order valence-electron chi connectivity index (χ3n) is 6.74. The minimum atomic E-state index is -3.28. The van der Waals surface area contributed by atoms with Crippen LogP contribution in [-0.4, -0.2) is 56.4 Å². The third kappa shape index (κ3) is 5.14. The van der Waals surface area contributed by atoms with Gasteiger partial charge < -0.3 is 9.80 Å². The molecule has 2 aliphatic rings. The lowest BCUT2D eigenvalue weighted by Gasteiger charge is -2.38. The quantitative estimate of drug-likeness (QED) is 0.664. The Morgan fingerprint density at radius 3 is 2.50 bits per heavy atom. The number of piperidine rings is 1. The van der Waals surface area contributed by atoms with E-state index in [1.807, 2.05) is 42.2 Å². The highest BCUT2D eigenvalue weighted by molar-refractivity contribution is 7.91.